The molecule has 0 heterocycles. The lowest BCUT2D eigenvalue weighted by atomic mass is 9.86. The highest BCUT2D eigenvalue weighted by atomic mass is 16.7. The van der Waals surface area contributed by atoms with E-state index in [9.17, 15) is 4.79 Å². The average molecular weight is 329 g/mol. The summed E-state index contributed by atoms with van der Waals surface area (Å²) in [7, 11) is 0. The van der Waals surface area contributed by atoms with Gasteiger partial charge in [-0.1, -0.05) is 37.5 Å². The minimum absolute atomic E-state index is 0.242. The van der Waals surface area contributed by atoms with Crippen molar-refractivity contribution >= 4 is 17.9 Å². The summed E-state index contributed by atoms with van der Waals surface area (Å²) in [5, 5.41) is 3.57. The van der Waals surface area contributed by atoms with E-state index in [1.807, 2.05) is 12.2 Å². The minimum Gasteiger partial charge on any atom is -0.434 e. The van der Waals surface area contributed by atoms with Crippen molar-refractivity contribution < 1.29 is 14.3 Å². The van der Waals surface area contributed by atoms with E-state index in [1.54, 1.807) is 0 Å². The Morgan fingerprint density at radius 3 is 2.46 bits per heavy atom. The van der Waals surface area contributed by atoms with Crippen LogP contribution in [0.2, 0.25) is 0 Å². The molecule has 0 atom stereocenters. The van der Waals surface area contributed by atoms with Gasteiger partial charge in [0.05, 0.1) is 6.61 Å². The van der Waals surface area contributed by atoms with Crippen molar-refractivity contribution in [3.8, 4) is 0 Å². The zero-order chi connectivity index (χ0) is 16.6. The van der Waals surface area contributed by atoms with Gasteiger partial charge in [-0.3, -0.25) is 0 Å². The number of carbonyl (C=O) groups is 1. The molecule has 0 saturated heterocycles. The minimum atomic E-state index is -0.567. The molecule has 1 aromatic carbocycles. The first-order valence-electron chi connectivity index (χ1n) is 9.12. The van der Waals surface area contributed by atoms with Crippen LogP contribution < -0.4 is 5.32 Å². The van der Waals surface area contributed by atoms with Crippen molar-refractivity contribution in [2.45, 2.75) is 51.0 Å². The van der Waals surface area contributed by atoms with E-state index >= 15 is 0 Å². The highest BCUT2D eigenvalue weighted by molar-refractivity contribution is 5.60. The molecule has 4 nitrogen and oxygen atoms in total. The third kappa shape index (κ3) is 5.29. The SMILES string of the molecule is O=C(OCC=Cc1ccc(NC2CCCC2)cc1)OCC1CCC1. The van der Waals surface area contributed by atoms with E-state index in [0.717, 1.165) is 5.56 Å². The second kappa shape index (κ2) is 8.76. The smallest absolute Gasteiger partial charge is 0.434 e. The fraction of sp³-hybridized carbons (Fsp3) is 0.550. The summed E-state index contributed by atoms with van der Waals surface area (Å²) in [6, 6.07) is 8.98. The highest BCUT2D eigenvalue weighted by Crippen LogP contribution is 2.26. The lowest BCUT2D eigenvalue weighted by Gasteiger charge is -2.24. The Labute approximate surface area is 144 Å². The molecule has 0 spiro atoms. The molecule has 0 aliphatic heterocycles. The summed E-state index contributed by atoms with van der Waals surface area (Å²) in [6.07, 6.45) is 12.0. The van der Waals surface area contributed by atoms with Crippen LogP contribution in [0.15, 0.2) is 30.3 Å². The van der Waals surface area contributed by atoms with E-state index < -0.39 is 6.16 Å². The van der Waals surface area contributed by atoms with Gasteiger partial charge in [-0.2, -0.15) is 0 Å². The summed E-state index contributed by atoms with van der Waals surface area (Å²) >= 11 is 0. The Balaban J connectivity index is 1.34. The first-order valence-corrected chi connectivity index (χ1v) is 9.12. The molecule has 1 aromatic rings. The summed E-state index contributed by atoms with van der Waals surface area (Å²) in [5.74, 6) is 0.546. The van der Waals surface area contributed by atoms with Gasteiger partial charge in [0.15, 0.2) is 0 Å². The molecule has 1 N–H and O–H groups in total. The first kappa shape index (κ1) is 16.9. The molecule has 3 rings (SSSR count). The molecule has 0 radical (unpaired) electrons. The third-order valence-corrected chi connectivity index (χ3v) is 4.91. The number of rotatable bonds is 7. The Morgan fingerprint density at radius 1 is 1.04 bits per heavy atom. The van der Waals surface area contributed by atoms with Crippen LogP contribution in [0.3, 0.4) is 0 Å². The normalized spacial score (nSPS) is 18.5. The molecule has 2 saturated carbocycles. The van der Waals surface area contributed by atoms with E-state index in [4.69, 9.17) is 9.47 Å². The monoisotopic (exact) mass is 329 g/mol. The zero-order valence-electron chi connectivity index (χ0n) is 14.2. The molecule has 130 valence electrons. The Kier molecular flexibility index (Phi) is 6.16. The average Bonchev–Trinajstić information content (AvgIpc) is 3.04. The molecule has 24 heavy (non-hydrogen) atoms. The van der Waals surface area contributed by atoms with Crippen LogP contribution in [0.4, 0.5) is 10.5 Å². The van der Waals surface area contributed by atoms with Gasteiger partial charge in [0.25, 0.3) is 0 Å². The van der Waals surface area contributed by atoms with Gasteiger partial charge in [-0.15, -0.1) is 0 Å². The van der Waals surface area contributed by atoms with Crippen LogP contribution in [0.5, 0.6) is 0 Å². The fourth-order valence-corrected chi connectivity index (χ4v) is 3.18. The molecule has 2 fully saturated rings. The van der Waals surface area contributed by atoms with Crippen LogP contribution in [-0.2, 0) is 9.47 Å². The Morgan fingerprint density at radius 2 is 1.79 bits per heavy atom. The van der Waals surface area contributed by atoms with Crippen molar-refractivity contribution in [2.75, 3.05) is 18.5 Å². The number of carbonyl (C=O) groups excluding carboxylic acids is 1. The molecule has 0 bridgehead atoms. The Hall–Kier alpha value is -1.97. The maximum atomic E-state index is 11.4. The van der Waals surface area contributed by atoms with Crippen LogP contribution in [0.25, 0.3) is 6.08 Å². The number of benzene rings is 1. The predicted octanol–water partition coefficient (Wildman–Crippen LogP) is 5.01. The van der Waals surface area contributed by atoms with Crippen LogP contribution in [0, 0.1) is 5.92 Å². The van der Waals surface area contributed by atoms with Crippen molar-refractivity contribution in [3.05, 3.63) is 35.9 Å². The summed E-state index contributed by atoms with van der Waals surface area (Å²) < 4.78 is 10.1. The molecule has 2 aliphatic rings. The van der Waals surface area contributed by atoms with E-state index in [1.165, 1.54) is 50.6 Å². The van der Waals surface area contributed by atoms with E-state index in [-0.39, 0.29) is 6.61 Å². The van der Waals surface area contributed by atoms with Crippen LogP contribution >= 0.6 is 0 Å². The van der Waals surface area contributed by atoms with Gasteiger partial charge in [-0.05, 0) is 55.4 Å². The number of anilines is 1. The lowest BCUT2D eigenvalue weighted by molar-refractivity contribution is 0.0403. The van der Waals surface area contributed by atoms with Gasteiger partial charge in [0, 0.05) is 11.7 Å². The quantitative estimate of drug-likeness (QED) is 0.715. The molecular formula is C20H27NO3. The predicted molar refractivity (Wildman–Crippen MR) is 96.0 cm³/mol. The van der Waals surface area contributed by atoms with Gasteiger partial charge in [0.2, 0.25) is 0 Å². The highest BCUT2D eigenvalue weighted by Gasteiger charge is 2.19. The zero-order valence-corrected chi connectivity index (χ0v) is 14.2. The van der Waals surface area contributed by atoms with Crippen molar-refractivity contribution in [1.29, 1.82) is 0 Å². The number of hydrogen-bond acceptors (Lipinski definition) is 4. The summed E-state index contributed by atoms with van der Waals surface area (Å²) in [6.45, 7) is 0.740. The largest absolute Gasteiger partial charge is 0.508 e. The van der Waals surface area contributed by atoms with Gasteiger partial charge < -0.3 is 14.8 Å². The van der Waals surface area contributed by atoms with E-state index in [2.05, 4.69) is 29.6 Å². The maximum absolute atomic E-state index is 11.4. The van der Waals surface area contributed by atoms with E-state index in [0.29, 0.717) is 18.6 Å². The van der Waals surface area contributed by atoms with Crippen molar-refractivity contribution in [1.82, 2.24) is 0 Å². The lowest BCUT2D eigenvalue weighted by Crippen LogP contribution is -2.20. The topological polar surface area (TPSA) is 47.6 Å². The second-order valence-electron chi connectivity index (χ2n) is 6.82. The summed E-state index contributed by atoms with van der Waals surface area (Å²) in [4.78, 5) is 11.4. The van der Waals surface area contributed by atoms with Gasteiger partial charge in [0.1, 0.15) is 6.61 Å². The van der Waals surface area contributed by atoms with Crippen LogP contribution in [-0.4, -0.2) is 25.4 Å². The molecule has 0 amide bonds. The van der Waals surface area contributed by atoms with Gasteiger partial charge in [-0.25, -0.2) is 4.79 Å². The van der Waals surface area contributed by atoms with Crippen molar-refractivity contribution in [2.24, 2.45) is 5.92 Å². The molecule has 4 heteroatoms. The number of ether oxygens (including phenoxy) is 2. The van der Waals surface area contributed by atoms with Gasteiger partial charge >= 0.3 is 6.16 Å². The maximum Gasteiger partial charge on any atom is 0.508 e. The third-order valence-electron chi connectivity index (χ3n) is 4.91. The number of hydrogen-bond donors (Lipinski definition) is 1. The first-order chi connectivity index (χ1) is 11.8. The molecule has 0 unspecified atom stereocenters. The molecular weight excluding hydrogens is 302 g/mol. The molecule has 0 aromatic heterocycles. The summed E-state index contributed by atoms with van der Waals surface area (Å²) in [5.41, 5.74) is 2.27. The van der Waals surface area contributed by atoms with Crippen LogP contribution in [0.1, 0.15) is 50.5 Å². The molecule has 2 aliphatic carbocycles. The van der Waals surface area contributed by atoms with Crippen molar-refractivity contribution in [3.63, 3.8) is 0 Å². The standard InChI is InChI=1S/C20H27NO3/c22-20(24-15-17-5-3-6-17)23-14-4-7-16-10-12-19(13-11-16)21-18-8-1-2-9-18/h4,7,10-13,17-18,21H,1-3,5-6,8-9,14-15H2. The fourth-order valence-electron chi connectivity index (χ4n) is 3.18. The Bertz CT molecular complexity index is 543. The second-order valence-corrected chi connectivity index (χ2v) is 6.82. The number of nitrogens with one attached hydrogen (secondary N) is 1.